The second kappa shape index (κ2) is 6.37. The number of hydrogen-bond acceptors (Lipinski definition) is 4. The molecule has 6 nitrogen and oxygen atoms in total. The summed E-state index contributed by atoms with van der Waals surface area (Å²) in [6.07, 6.45) is 0.961. The fourth-order valence-electron chi connectivity index (χ4n) is 1.95. The molecule has 1 saturated heterocycles. The fraction of sp³-hybridized carbons (Fsp3) is 0.750. The molecule has 0 aromatic carbocycles. The Bertz CT molecular complexity index is 343. The number of carbonyl (C=O) groups excluding carboxylic acids is 3. The van der Waals surface area contributed by atoms with Gasteiger partial charge in [-0.05, 0) is 19.8 Å². The van der Waals surface area contributed by atoms with Crippen molar-refractivity contribution in [3.05, 3.63) is 0 Å². The van der Waals surface area contributed by atoms with Crippen molar-refractivity contribution in [3.8, 4) is 0 Å². The van der Waals surface area contributed by atoms with E-state index in [1.165, 1.54) is 6.92 Å². The van der Waals surface area contributed by atoms with E-state index in [4.69, 9.17) is 10.5 Å². The van der Waals surface area contributed by atoms with Gasteiger partial charge in [0, 0.05) is 19.5 Å². The minimum atomic E-state index is -0.922. The average molecular weight is 256 g/mol. The van der Waals surface area contributed by atoms with E-state index < -0.39 is 18.0 Å². The molecule has 6 heteroatoms. The van der Waals surface area contributed by atoms with Crippen LogP contribution in [0.1, 0.15) is 33.1 Å². The molecule has 2 atom stereocenters. The van der Waals surface area contributed by atoms with Gasteiger partial charge in [-0.3, -0.25) is 14.4 Å². The molecular formula is C12H20N2O4. The molecule has 1 fully saturated rings. The molecule has 1 aliphatic heterocycles. The Hall–Kier alpha value is -1.59. The Morgan fingerprint density at radius 2 is 2.11 bits per heavy atom. The molecule has 1 heterocycles. The van der Waals surface area contributed by atoms with Gasteiger partial charge < -0.3 is 15.4 Å². The zero-order valence-corrected chi connectivity index (χ0v) is 10.8. The van der Waals surface area contributed by atoms with Crippen molar-refractivity contribution in [2.75, 3.05) is 13.1 Å². The second-order valence-electron chi connectivity index (χ2n) is 4.51. The van der Waals surface area contributed by atoms with E-state index in [1.54, 1.807) is 11.8 Å². The Morgan fingerprint density at radius 3 is 2.67 bits per heavy atom. The lowest BCUT2D eigenvalue weighted by atomic mass is 9.98. The first-order chi connectivity index (χ1) is 8.45. The van der Waals surface area contributed by atoms with Crippen LogP contribution < -0.4 is 5.73 Å². The summed E-state index contributed by atoms with van der Waals surface area (Å²) in [5, 5.41) is 0. The third-order valence-corrected chi connectivity index (χ3v) is 3.10. The van der Waals surface area contributed by atoms with Crippen LogP contribution in [0, 0.1) is 5.92 Å². The molecule has 0 saturated carbocycles. The zero-order valence-electron chi connectivity index (χ0n) is 10.8. The van der Waals surface area contributed by atoms with Crippen molar-refractivity contribution in [2.24, 2.45) is 11.7 Å². The van der Waals surface area contributed by atoms with E-state index >= 15 is 0 Å². The van der Waals surface area contributed by atoms with Crippen molar-refractivity contribution in [1.82, 2.24) is 4.90 Å². The third-order valence-electron chi connectivity index (χ3n) is 3.10. The topological polar surface area (TPSA) is 89.7 Å². The van der Waals surface area contributed by atoms with Crippen LogP contribution in [0.4, 0.5) is 0 Å². The Kier molecular flexibility index (Phi) is 5.12. The minimum Gasteiger partial charge on any atom is -0.452 e. The van der Waals surface area contributed by atoms with Crippen molar-refractivity contribution < 1.29 is 19.1 Å². The van der Waals surface area contributed by atoms with Gasteiger partial charge in [-0.1, -0.05) is 6.92 Å². The van der Waals surface area contributed by atoms with E-state index in [1.807, 2.05) is 0 Å². The first-order valence-corrected chi connectivity index (χ1v) is 6.23. The van der Waals surface area contributed by atoms with E-state index in [2.05, 4.69) is 0 Å². The molecular weight excluding hydrogens is 236 g/mol. The smallest absolute Gasteiger partial charge is 0.311 e. The lowest BCUT2D eigenvalue weighted by molar-refractivity contribution is -0.160. The number of likely N-dealkylation sites (tertiary alicyclic amines) is 1. The number of carbonyl (C=O) groups is 3. The molecule has 0 radical (unpaired) electrons. The summed E-state index contributed by atoms with van der Waals surface area (Å²) < 4.78 is 4.96. The van der Waals surface area contributed by atoms with Crippen molar-refractivity contribution >= 4 is 17.8 Å². The van der Waals surface area contributed by atoms with Crippen LogP contribution in [0.5, 0.6) is 0 Å². The predicted molar refractivity (Wildman–Crippen MR) is 64.3 cm³/mol. The highest BCUT2D eigenvalue weighted by Crippen LogP contribution is 2.19. The van der Waals surface area contributed by atoms with Crippen LogP contribution in [0.3, 0.4) is 0 Å². The van der Waals surface area contributed by atoms with Gasteiger partial charge in [-0.25, -0.2) is 0 Å². The molecule has 1 aliphatic rings. The maximum atomic E-state index is 11.8. The summed E-state index contributed by atoms with van der Waals surface area (Å²) in [5.41, 5.74) is 5.03. The van der Waals surface area contributed by atoms with Gasteiger partial charge >= 0.3 is 5.97 Å². The van der Waals surface area contributed by atoms with E-state index in [0.717, 1.165) is 6.42 Å². The molecule has 2 amide bonds. The zero-order chi connectivity index (χ0) is 13.7. The normalized spacial score (nSPS) is 21.2. The molecule has 0 aromatic heterocycles. The molecule has 2 N–H and O–H groups in total. The molecule has 0 aromatic rings. The van der Waals surface area contributed by atoms with E-state index in [0.29, 0.717) is 25.9 Å². The monoisotopic (exact) mass is 256 g/mol. The summed E-state index contributed by atoms with van der Waals surface area (Å²) in [6.45, 7) is 4.29. The first kappa shape index (κ1) is 14.5. The van der Waals surface area contributed by atoms with Gasteiger partial charge in [0.15, 0.2) is 6.10 Å². The summed E-state index contributed by atoms with van der Waals surface area (Å²) >= 11 is 0. The van der Waals surface area contributed by atoms with Crippen LogP contribution in [0.2, 0.25) is 0 Å². The number of primary amides is 1. The number of piperidine rings is 1. The number of amides is 2. The number of nitrogens with zero attached hydrogens (tertiary/aromatic N) is 1. The van der Waals surface area contributed by atoms with Crippen LogP contribution in [-0.2, 0) is 19.1 Å². The minimum absolute atomic E-state index is 0.0375. The largest absolute Gasteiger partial charge is 0.452 e. The maximum absolute atomic E-state index is 11.8. The van der Waals surface area contributed by atoms with Crippen LogP contribution >= 0.6 is 0 Å². The van der Waals surface area contributed by atoms with E-state index in [9.17, 15) is 14.4 Å². The van der Waals surface area contributed by atoms with Gasteiger partial charge in [0.2, 0.25) is 5.91 Å². The molecule has 0 aliphatic carbocycles. The number of esters is 1. The summed E-state index contributed by atoms with van der Waals surface area (Å²) in [6, 6.07) is 0. The molecule has 0 spiro atoms. The Balaban J connectivity index is 2.53. The number of hydrogen-bond donors (Lipinski definition) is 1. The first-order valence-electron chi connectivity index (χ1n) is 6.23. The summed E-state index contributed by atoms with van der Waals surface area (Å²) in [7, 11) is 0. The van der Waals surface area contributed by atoms with Crippen molar-refractivity contribution in [2.45, 2.75) is 39.2 Å². The van der Waals surface area contributed by atoms with Gasteiger partial charge in [-0.2, -0.15) is 0 Å². The van der Waals surface area contributed by atoms with Gasteiger partial charge in [0.25, 0.3) is 5.91 Å². The fourth-order valence-corrected chi connectivity index (χ4v) is 1.95. The van der Waals surface area contributed by atoms with Gasteiger partial charge in [0.1, 0.15) is 0 Å². The quantitative estimate of drug-likeness (QED) is 0.720. The van der Waals surface area contributed by atoms with Crippen LogP contribution in [-0.4, -0.2) is 41.9 Å². The lowest BCUT2D eigenvalue weighted by Gasteiger charge is -2.31. The molecule has 0 bridgehead atoms. The Labute approximate surface area is 106 Å². The maximum Gasteiger partial charge on any atom is 0.311 e. The van der Waals surface area contributed by atoms with Gasteiger partial charge in [-0.15, -0.1) is 0 Å². The van der Waals surface area contributed by atoms with Crippen molar-refractivity contribution in [1.29, 1.82) is 0 Å². The number of nitrogens with two attached hydrogens (primary N) is 1. The second-order valence-corrected chi connectivity index (χ2v) is 4.51. The highest BCUT2D eigenvalue weighted by Gasteiger charge is 2.30. The number of ether oxygens (including phenoxy) is 1. The lowest BCUT2D eigenvalue weighted by Crippen LogP contribution is -2.43. The van der Waals surface area contributed by atoms with Gasteiger partial charge in [0.05, 0.1) is 5.92 Å². The van der Waals surface area contributed by atoms with E-state index in [-0.39, 0.29) is 11.8 Å². The Morgan fingerprint density at radius 1 is 1.44 bits per heavy atom. The highest BCUT2D eigenvalue weighted by molar-refractivity contribution is 5.83. The summed E-state index contributed by atoms with van der Waals surface area (Å²) in [5.74, 6) is -1.43. The third kappa shape index (κ3) is 3.72. The molecule has 2 unspecified atom stereocenters. The standard InChI is InChI=1S/C12H20N2O4/c1-3-10(15)14-6-4-5-9(7-14)12(17)18-8(2)11(13)16/h8-9H,3-7H2,1-2H3,(H2,13,16). The molecule has 102 valence electrons. The SMILES string of the molecule is CCC(=O)N1CCCC(C(=O)OC(C)C(N)=O)C1. The predicted octanol–water partition coefficient (Wildman–Crippen LogP) is 0.0520. The van der Waals surface area contributed by atoms with Crippen molar-refractivity contribution in [3.63, 3.8) is 0 Å². The highest BCUT2D eigenvalue weighted by atomic mass is 16.5. The van der Waals surface area contributed by atoms with Crippen LogP contribution in [0.25, 0.3) is 0 Å². The number of rotatable bonds is 4. The molecule has 18 heavy (non-hydrogen) atoms. The summed E-state index contributed by atoms with van der Waals surface area (Å²) in [4.78, 5) is 35.9. The average Bonchev–Trinajstić information content (AvgIpc) is 2.37. The molecule has 1 rings (SSSR count). The van der Waals surface area contributed by atoms with Crippen LogP contribution in [0.15, 0.2) is 0 Å².